The van der Waals surface area contributed by atoms with E-state index in [2.05, 4.69) is 39.4 Å². The second-order valence-electron chi connectivity index (χ2n) is 6.01. The number of para-hydroxylation sites is 1. The number of benzene rings is 2. The molecule has 4 nitrogen and oxygen atoms in total. The standard InChI is InChI=1S/C19H23N3O/c1-16-7-9-17(10-8-16)20-19(23)15-21-11-13-22(14-12-21)18-5-3-2-4-6-18/h2-10H,11-15H2,1H3,(H,20,23). The van der Waals surface area contributed by atoms with Gasteiger partial charge in [0.15, 0.2) is 0 Å². The van der Waals surface area contributed by atoms with E-state index in [0.717, 1.165) is 31.9 Å². The van der Waals surface area contributed by atoms with Crippen LogP contribution in [0, 0.1) is 6.92 Å². The molecule has 1 N–H and O–H groups in total. The van der Waals surface area contributed by atoms with Crippen molar-refractivity contribution in [2.24, 2.45) is 0 Å². The van der Waals surface area contributed by atoms with Crippen LogP contribution < -0.4 is 10.2 Å². The van der Waals surface area contributed by atoms with Crippen molar-refractivity contribution in [1.29, 1.82) is 0 Å². The molecule has 4 heteroatoms. The molecule has 1 aliphatic rings. The maximum absolute atomic E-state index is 12.2. The van der Waals surface area contributed by atoms with Crippen LogP contribution in [0.2, 0.25) is 0 Å². The molecule has 2 aromatic carbocycles. The molecule has 0 aromatic heterocycles. The minimum Gasteiger partial charge on any atom is -0.369 e. The summed E-state index contributed by atoms with van der Waals surface area (Å²) in [5, 5.41) is 2.97. The number of nitrogens with one attached hydrogen (secondary N) is 1. The molecule has 0 aliphatic carbocycles. The number of anilines is 2. The normalized spacial score (nSPS) is 15.4. The summed E-state index contributed by atoms with van der Waals surface area (Å²) in [4.78, 5) is 16.7. The average Bonchev–Trinajstić information content (AvgIpc) is 2.58. The molecule has 3 rings (SSSR count). The van der Waals surface area contributed by atoms with Crippen molar-refractivity contribution in [3.8, 4) is 0 Å². The lowest BCUT2D eigenvalue weighted by atomic mass is 10.2. The van der Waals surface area contributed by atoms with Gasteiger partial charge < -0.3 is 10.2 Å². The molecule has 0 unspecified atom stereocenters. The summed E-state index contributed by atoms with van der Waals surface area (Å²) >= 11 is 0. The first-order chi connectivity index (χ1) is 11.2. The van der Waals surface area contributed by atoms with Crippen molar-refractivity contribution < 1.29 is 4.79 Å². The summed E-state index contributed by atoms with van der Waals surface area (Å²) < 4.78 is 0. The van der Waals surface area contributed by atoms with E-state index >= 15 is 0 Å². The molecule has 1 aliphatic heterocycles. The number of amides is 1. The Morgan fingerprint density at radius 3 is 2.26 bits per heavy atom. The molecule has 120 valence electrons. The molecule has 1 fully saturated rings. The quantitative estimate of drug-likeness (QED) is 0.943. The fraction of sp³-hybridized carbons (Fsp3) is 0.316. The van der Waals surface area contributed by atoms with Crippen LogP contribution in [0.15, 0.2) is 54.6 Å². The van der Waals surface area contributed by atoms with Crippen LogP contribution in [0.5, 0.6) is 0 Å². The van der Waals surface area contributed by atoms with Gasteiger partial charge in [-0.3, -0.25) is 9.69 Å². The molecule has 1 saturated heterocycles. The van der Waals surface area contributed by atoms with E-state index in [9.17, 15) is 4.79 Å². The monoisotopic (exact) mass is 309 g/mol. The first kappa shape index (κ1) is 15.6. The zero-order valence-electron chi connectivity index (χ0n) is 13.5. The number of piperazine rings is 1. The highest BCUT2D eigenvalue weighted by Crippen LogP contribution is 2.15. The molecule has 1 amide bonds. The van der Waals surface area contributed by atoms with Gasteiger partial charge in [0, 0.05) is 37.6 Å². The maximum Gasteiger partial charge on any atom is 0.238 e. The Hall–Kier alpha value is -2.33. The molecular formula is C19H23N3O. The van der Waals surface area contributed by atoms with Crippen molar-refractivity contribution in [2.45, 2.75) is 6.92 Å². The Bertz CT molecular complexity index is 631. The van der Waals surface area contributed by atoms with Crippen molar-refractivity contribution in [1.82, 2.24) is 4.90 Å². The molecule has 23 heavy (non-hydrogen) atoms. The Morgan fingerprint density at radius 1 is 0.957 bits per heavy atom. The number of carbonyl (C=O) groups is 1. The van der Waals surface area contributed by atoms with Gasteiger partial charge in [0.2, 0.25) is 5.91 Å². The molecule has 0 atom stereocenters. The molecule has 0 radical (unpaired) electrons. The first-order valence-electron chi connectivity index (χ1n) is 8.09. The third-order valence-electron chi connectivity index (χ3n) is 4.20. The zero-order chi connectivity index (χ0) is 16.1. The lowest BCUT2D eigenvalue weighted by Crippen LogP contribution is -2.48. The van der Waals surface area contributed by atoms with Gasteiger partial charge in [-0.2, -0.15) is 0 Å². The highest BCUT2D eigenvalue weighted by molar-refractivity contribution is 5.92. The average molecular weight is 309 g/mol. The summed E-state index contributed by atoms with van der Waals surface area (Å²) in [6, 6.07) is 18.4. The van der Waals surface area contributed by atoms with Crippen molar-refractivity contribution in [3.05, 3.63) is 60.2 Å². The molecule has 0 saturated carbocycles. The third-order valence-corrected chi connectivity index (χ3v) is 4.20. The number of rotatable bonds is 4. The maximum atomic E-state index is 12.2. The van der Waals surface area contributed by atoms with E-state index in [1.165, 1.54) is 11.3 Å². The van der Waals surface area contributed by atoms with E-state index in [-0.39, 0.29) is 5.91 Å². The second kappa shape index (κ2) is 7.29. The minimum absolute atomic E-state index is 0.0574. The molecule has 1 heterocycles. The van der Waals surface area contributed by atoms with Crippen LogP contribution in [0.25, 0.3) is 0 Å². The number of aryl methyl sites for hydroxylation is 1. The number of nitrogens with zero attached hydrogens (tertiary/aromatic N) is 2. The van der Waals surface area contributed by atoms with Crippen LogP contribution >= 0.6 is 0 Å². The predicted octanol–water partition coefficient (Wildman–Crippen LogP) is 2.76. The zero-order valence-corrected chi connectivity index (χ0v) is 13.5. The Morgan fingerprint density at radius 2 is 1.61 bits per heavy atom. The van der Waals surface area contributed by atoms with Crippen LogP contribution in [0.3, 0.4) is 0 Å². The highest BCUT2D eigenvalue weighted by Gasteiger charge is 2.19. The summed E-state index contributed by atoms with van der Waals surface area (Å²) in [7, 11) is 0. The lowest BCUT2D eigenvalue weighted by Gasteiger charge is -2.35. The summed E-state index contributed by atoms with van der Waals surface area (Å²) in [6.07, 6.45) is 0. The van der Waals surface area contributed by atoms with E-state index in [1.54, 1.807) is 0 Å². The molecule has 0 bridgehead atoms. The van der Waals surface area contributed by atoms with Crippen LogP contribution in [-0.4, -0.2) is 43.5 Å². The van der Waals surface area contributed by atoms with Gasteiger partial charge in [0.1, 0.15) is 0 Å². The number of hydrogen-bond donors (Lipinski definition) is 1. The number of hydrogen-bond acceptors (Lipinski definition) is 3. The SMILES string of the molecule is Cc1ccc(NC(=O)CN2CCN(c3ccccc3)CC2)cc1. The van der Waals surface area contributed by atoms with Gasteiger partial charge in [0.05, 0.1) is 6.54 Å². The summed E-state index contributed by atoms with van der Waals surface area (Å²) in [5.41, 5.74) is 3.32. The van der Waals surface area contributed by atoms with Gasteiger partial charge in [-0.25, -0.2) is 0 Å². The third kappa shape index (κ3) is 4.33. The Kier molecular flexibility index (Phi) is 4.93. The van der Waals surface area contributed by atoms with Gasteiger partial charge >= 0.3 is 0 Å². The van der Waals surface area contributed by atoms with Crippen LogP contribution in [0.1, 0.15) is 5.56 Å². The molecule has 0 spiro atoms. The van der Waals surface area contributed by atoms with Crippen LogP contribution in [-0.2, 0) is 4.79 Å². The smallest absolute Gasteiger partial charge is 0.238 e. The molecular weight excluding hydrogens is 286 g/mol. The van der Waals surface area contributed by atoms with E-state index < -0.39 is 0 Å². The molecule has 2 aromatic rings. The topological polar surface area (TPSA) is 35.6 Å². The highest BCUT2D eigenvalue weighted by atomic mass is 16.2. The fourth-order valence-electron chi connectivity index (χ4n) is 2.84. The van der Waals surface area contributed by atoms with E-state index in [0.29, 0.717) is 6.54 Å². The van der Waals surface area contributed by atoms with Gasteiger partial charge in [-0.05, 0) is 31.2 Å². The summed E-state index contributed by atoms with van der Waals surface area (Å²) in [6.45, 7) is 6.24. The van der Waals surface area contributed by atoms with Gasteiger partial charge in [0.25, 0.3) is 0 Å². The Labute approximate surface area is 137 Å². The minimum atomic E-state index is 0.0574. The lowest BCUT2D eigenvalue weighted by molar-refractivity contribution is -0.117. The Balaban J connectivity index is 1.47. The largest absolute Gasteiger partial charge is 0.369 e. The van der Waals surface area contributed by atoms with Crippen LogP contribution in [0.4, 0.5) is 11.4 Å². The van der Waals surface area contributed by atoms with Gasteiger partial charge in [-0.15, -0.1) is 0 Å². The van der Waals surface area contributed by atoms with Crippen molar-refractivity contribution in [2.75, 3.05) is 42.9 Å². The second-order valence-corrected chi connectivity index (χ2v) is 6.01. The predicted molar refractivity (Wildman–Crippen MR) is 94.9 cm³/mol. The van der Waals surface area contributed by atoms with E-state index in [1.807, 2.05) is 37.3 Å². The fourth-order valence-corrected chi connectivity index (χ4v) is 2.84. The van der Waals surface area contributed by atoms with E-state index in [4.69, 9.17) is 0 Å². The summed E-state index contributed by atoms with van der Waals surface area (Å²) in [5.74, 6) is 0.0574. The van der Waals surface area contributed by atoms with Crippen molar-refractivity contribution >= 4 is 17.3 Å². The first-order valence-corrected chi connectivity index (χ1v) is 8.09. The van der Waals surface area contributed by atoms with Crippen molar-refractivity contribution in [3.63, 3.8) is 0 Å². The van der Waals surface area contributed by atoms with Gasteiger partial charge in [-0.1, -0.05) is 35.9 Å². The number of carbonyl (C=O) groups excluding carboxylic acids is 1.